The standard InChI is InChI=1S/C14H12N2O2/c15-14(18)16(12-4-2-1-3-5-12)13-8-6-11(10-17)7-9-13/h1-10H,(H2,15,18). The first-order valence-corrected chi connectivity index (χ1v) is 5.42. The second-order valence-electron chi connectivity index (χ2n) is 3.72. The van der Waals surface area contributed by atoms with Crippen molar-refractivity contribution in [3.63, 3.8) is 0 Å². The normalized spacial score (nSPS) is 9.78. The maximum absolute atomic E-state index is 11.5. The van der Waals surface area contributed by atoms with Crippen LogP contribution < -0.4 is 10.6 Å². The number of amides is 2. The van der Waals surface area contributed by atoms with Gasteiger partial charge in [0.15, 0.2) is 0 Å². The lowest BCUT2D eigenvalue weighted by Crippen LogP contribution is -2.31. The molecule has 2 aromatic rings. The first-order valence-electron chi connectivity index (χ1n) is 5.42. The highest BCUT2D eigenvalue weighted by molar-refractivity contribution is 5.98. The maximum atomic E-state index is 11.5. The van der Waals surface area contributed by atoms with Crippen LogP contribution in [0, 0.1) is 0 Å². The summed E-state index contributed by atoms with van der Waals surface area (Å²) in [5.41, 5.74) is 7.25. The summed E-state index contributed by atoms with van der Waals surface area (Å²) >= 11 is 0. The number of aldehydes is 1. The summed E-state index contributed by atoms with van der Waals surface area (Å²) in [6.45, 7) is 0. The molecule has 0 saturated carbocycles. The van der Waals surface area contributed by atoms with E-state index in [1.807, 2.05) is 18.2 Å². The summed E-state index contributed by atoms with van der Waals surface area (Å²) in [4.78, 5) is 23.5. The molecule has 4 nitrogen and oxygen atoms in total. The number of nitrogens with two attached hydrogens (primary N) is 1. The predicted octanol–water partition coefficient (Wildman–Crippen LogP) is 2.72. The molecule has 18 heavy (non-hydrogen) atoms. The molecule has 4 heteroatoms. The highest BCUT2D eigenvalue weighted by Crippen LogP contribution is 2.24. The van der Waals surface area contributed by atoms with Crippen molar-refractivity contribution >= 4 is 23.7 Å². The minimum absolute atomic E-state index is 0.552. The van der Waals surface area contributed by atoms with Crippen molar-refractivity contribution in [1.29, 1.82) is 0 Å². The van der Waals surface area contributed by atoms with Gasteiger partial charge < -0.3 is 5.73 Å². The third-order valence-electron chi connectivity index (χ3n) is 2.52. The van der Waals surface area contributed by atoms with Crippen molar-refractivity contribution < 1.29 is 9.59 Å². The van der Waals surface area contributed by atoms with E-state index in [0.717, 1.165) is 6.29 Å². The van der Waals surface area contributed by atoms with Crippen molar-refractivity contribution in [2.45, 2.75) is 0 Å². The Morgan fingerprint density at radius 3 is 2.00 bits per heavy atom. The Balaban J connectivity index is 2.42. The lowest BCUT2D eigenvalue weighted by Gasteiger charge is -2.20. The predicted molar refractivity (Wildman–Crippen MR) is 70.0 cm³/mol. The summed E-state index contributed by atoms with van der Waals surface area (Å²) in [6, 6.07) is 15.2. The number of hydrogen-bond donors (Lipinski definition) is 1. The van der Waals surface area contributed by atoms with E-state index in [1.165, 1.54) is 4.90 Å². The first-order chi connectivity index (χ1) is 8.72. The largest absolute Gasteiger partial charge is 0.351 e. The molecule has 2 rings (SSSR count). The van der Waals surface area contributed by atoms with Gasteiger partial charge in [-0.3, -0.25) is 9.69 Å². The molecule has 0 spiro atoms. The average Bonchev–Trinajstić information content (AvgIpc) is 2.40. The average molecular weight is 240 g/mol. The molecule has 0 saturated heterocycles. The molecular weight excluding hydrogens is 228 g/mol. The minimum atomic E-state index is -0.569. The zero-order valence-electron chi connectivity index (χ0n) is 9.61. The van der Waals surface area contributed by atoms with Crippen molar-refractivity contribution in [3.05, 3.63) is 60.2 Å². The van der Waals surface area contributed by atoms with Crippen LogP contribution >= 0.6 is 0 Å². The van der Waals surface area contributed by atoms with Gasteiger partial charge in [-0.2, -0.15) is 0 Å². The lowest BCUT2D eigenvalue weighted by molar-refractivity contribution is 0.112. The fourth-order valence-electron chi connectivity index (χ4n) is 1.68. The lowest BCUT2D eigenvalue weighted by atomic mass is 10.2. The van der Waals surface area contributed by atoms with Crippen LogP contribution in [-0.4, -0.2) is 12.3 Å². The van der Waals surface area contributed by atoms with Crippen LogP contribution in [0.1, 0.15) is 10.4 Å². The molecule has 90 valence electrons. The van der Waals surface area contributed by atoms with Crippen molar-refractivity contribution in [1.82, 2.24) is 0 Å². The second kappa shape index (κ2) is 5.14. The van der Waals surface area contributed by atoms with Gasteiger partial charge in [0.1, 0.15) is 6.29 Å². The highest BCUT2D eigenvalue weighted by Gasteiger charge is 2.14. The summed E-state index contributed by atoms with van der Waals surface area (Å²) in [5, 5.41) is 0. The third-order valence-corrected chi connectivity index (χ3v) is 2.52. The molecular formula is C14H12N2O2. The molecule has 0 aliphatic carbocycles. The van der Waals surface area contributed by atoms with Crippen LogP contribution in [0.5, 0.6) is 0 Å². The summed E-state index contributed by atoms with van der Waals surface area (Å²) < 4.78 is 0. The Kier molecular flexibility index (Phi) is 3.38. The summed E-state index contributed by atoms with van der Waals surface area (Å²) in [5.74, 6) is 0. The molecule has 0 aliphatic heterocycles. The Morgan fingerprint density at radius 2 is 1.50 bits per heavy atom. The molecule has 0 fully saturated rings. The minimum Gasteiger partial charge on any atom is -0.351 e. The number of carbonyl (C=O) groups excluding carboxylic acids is 2. The first kappa shape index (κ1) is 11.9. The SMILES string of the molecule is NC(=O)N(c1ccccc1)c1ccc(C=O)cc1. The van der Waals surface area contributed by atoms with E-state index in [-0.39, 0.29) is 0 Å². The van der Waals surface area contributed by atoms with E-state index >= 15 is 0 Å². The maximum Gasteiger partial charge on any atom is 0.323 e. The molecule has 0 unspecified atom stereocenters. The van der Waals surface area contributed by atoms with Gasteiger partial charge in [0, 0.05) is 5.56 Å². The molecule has 0 heterocycles. The van der Waals surface area contributed by atoms with E-state index < -0.39 is 6.03 Å². The van der Waals surface area contributed by atoms with Gasteiger partial charge in [0.2, 0.25) is 0 Å². The topological polar surface area (TPSA) is 63.4 Å². The van der Waals surface area contributed by atoms with Crippen molar-refractivity contribution in [2.24, 2.45) is 5.73 Å². The van der Waals surface area contributed by atoms with Gasteiger partial charge in [-0.1, -0.05) is 18.2 Å². The number of urea groups is 1. The zero-order valence-corrected chi connectivity index (χ0v) is 9.61. The Morgan fingerprint density at radius 1 is 0.944 bits per heavy atom. The van der Waals surface area contributed by atoms with E-state index in [4.69, 9.17) is 5.73 Å². The molecule has 0 radical (unpaired) electrons. The van der Waals surface area contributed by atoms with Crippen LogP contribution in [0.15, 0.2) is 54.6 Å². The van der Waals surface area contributed by atoms with Gasteiger partial charge in [-0.05, 0) is 36.4 Å². The number of para-hydroxylation sites is 1. The Hall–Kier alpha value is -2.62. The van der Waals surface area contributed by atoms with Gasteiger partial charge in [0.05, 0.1) is 11.4 Å². The number of benzene rings is 2. The van der Waals surface area contributed by atoms with Crippen LogP contribution in [0.2, 0.25) is 0 Å². The summed E-state index contributed by atoms with van der Waals surface area (Å²) in [6.07, 6.45) is 0.751. The fraction of sp³-hybridized carbons (Fsp3) is 0. The molecule has 0 aliphatic rings. The van der Waals surface area contributed by atoms with E-state index in [9.17, 15) is 9.59 Å². The number of hydrogen-bond acceptors (Lipinski definition) is 2. The van der Waals surface area contributed by atoms with Gasteiger partial charge >= 0.3 is 6.03 Å². The number of carbonyl (C=O) groups is 2. The van der Waals surface area contributed by atoms with Gasteiger partial charge in [-0.15, -0.1) is 0 Å². The smallest absolute Gasteiger partial charge is 0.323 e. The van der Waals surface area contributed by atoms with Crippen molar-refractivity contribution in [2.75, 3.05) is 4.90 Å². The third kappa shape index (κ3) is 2.38. The fourth-order valence-corrected chi connectivity index (χ4v) is 1.68. The monoisotopic (exact) mass is 240 g/mol. The molecule has 2 N–H and O–H groups in total. The molecule has 2 aromatic carbocycles. The Labute approximate surface area is 105 Å². The van der Waals surface area contributed by atoms with Crippen LogP contribution in [0.25, 0.3) is 0 Å². The van der Waals surface area contributed by atoms with Crippen LogP contribution in [0.3, 0.4) is 0 Å². The van der Waals surface area contributed by atoms with Gasteiger partial charge in [0.25, 0.3) is 0 Å². The molecule has 0 bridgehead atoms. The van der Waals surface area contributed by atoms with Gasteiger partial charge in [-0.25, -0.2) is 4.79 Å². The van der Waals surface area contributed by atoms with E-state index in [1.54, 1.807) is 36.4 Å². The van der Waals surface area contributed by atoms with E-state index in [2.05, 4.69) is 0 Å². The highest BCUT2D eigenvalue weighted by atomic mass is 16.2. The number of nitrogens with zero attached hydrogens (tertiary/aromatic N) is 1. The second-order valence-corrected chi connectivity index (χ2v) is 3.72. The number of anilines is 2. The van der Waals surface area contributed by atoms with Crippen LogP contribution in [0.4, 0.5) is 16.2 Å². The Bertz CT molecular complexity index is 550. The zero-order chi connectivity index (χ0) is 13.0. The molecule has 2 amide bonds. The molecule has 0 atom stereocenters. The van der Waals surface area contributed by atoms with Crippen molar-refractivity contribution in [3.8, 4) is 0 Å². The van der Waals surface area contributed by atoms with E-state index in [0.29, 0.717) is 16.9 Å². The summed E-state index contributed by atoms with van der Waals surface area (Å²) in [7, 11) is 0. The quantitative estimate of drug-likeness (QED) is 0.838. The number of rotatable bonds is 3. The number of primary amides is 1. The van der Waals surface area contributed by atoms with Crippen LogP contribution in [-0.2, 0) is 0 Å². The molecule has 0 aromatic heterocycles.